The Bertz CT molecular complexity index is 462. The SMILES string of the molecule is COCC1=CCN(C(=O)c2cc(C)c(Br)s2)CC1. The highest BCUT2D eigenvalue weighted by molar-refractivity contribution is 9.11. The summed E-state index contributed by atoms with van der Waals surface area (Å²) in [7, 11) is 1.70. The van der Waals surface area contributed by atoms with E-state index in [0.29, 0.717) is 13.2 Å². The summed E-state index contributed by atoms with van der Waals surface area (Å²) < 4.78 is 6.15. The van der Waals surface area contributed by atoms with Crippen molar-refractivity contribution < 1.29 is 9.53 Å². The van der Waals surface area contributed by atoms with E-state index in [2.05, 4.69) is 22.0 Å². The zero-order valence-electron chi connectivity index (χ0n) is 10.5. The summed E-state index contributed by atoms with van der Waals surface area (Å²) >= 11 is 4.97. The molecule has 3 nitrogen and oxygen atoms in total. The van der Waals surface area contributed by atoms with Crippen LogP contribution in [0.5, 0.6) is 0 Å². The van der Waals surface area contributed by atoms with Crippen LogP contribution >= 0.6 is 27.3 Å². The molecule has 1 aliphatic rings. The molecule has 1 aromatic rings. The second-order valence-corrected chi connectivity index (χ2v) is 6.73. The zero-order valence-corrected chi connectivity index (χ0v) is 12.9. The lowest BCUT2D eigenvalue weighted by Crippen LogP contribution is -2.34. The van der Waals surface area contributed by atoms with Gasteiger partial charge in [-0.3, -0.25) is 4.79 Å². The maximum atomic E-state index is 12.3. The van der Waals surface area contributed by atoms with Gasteiger partial charge in [0.2, 0.25) is 0 Å². The number of nitrogens with zero attached hydrogens (tertiary/aromatic N) is 1. The summed E-state index contributed by atoms with van der Waals surface area (Å²) in [5.74, 6) is 0.126. The third-order valence-electron chi connectivity index (χ3n) is 2.99. The van der Waals surface area contributed by atoms with Crippen LogP contribution in [-0.2, 0) is 4.74 Å². The number of halogens is 1. The topological polar surface area (TPSA) is 29.5 Å². The number of methoxy groups -OCH3 is 1. The molecule has 0 saturated carbocycles. The van der Waals surface area contributed by atoms with E-state index >= 15 is 0 Å². The summed E-state index contributed by atoms with van der Waals surface area (Å²) in [6, 6.07) is 1.95. The first-order chi connectivity index (χ1) is 8.61. The van der Waals surface area contributed by atoms with Crippen molar-refractivity contribution in [2.75, 3.05) is 26.8 Å². The summed E-state index contributed by atoms with van der Waals surface area (Å²) in [6.45, 7) is 4.14. The van der Waals surface area contributed by atoms with E-state index in [1.807, 2.05) is 17.9 Å². The lowest BCUT2D eigenvalue weighted by Gasteiger charge is -2.25. The van der Waals surface area contributed by atoms with Gasteiger partial charge in [0.15, 0.2) is 0 Å². The Kier molecular flexibility index (Phi) is 4.59. The van der Waals surface area contributed by atoms with Gasteiger partial charge in [-0.1, -0.05) is 6.08 Å². The first-order valence-electron chi connectivity index (χ1n) is 5.84. The highest BCUT2D eigenvalue weighted by atomic mass is 79.9. The van der Waals surface area contributed by atoms with Crippen molar-refractivity contribution in [1.29, 1.82) is 0 Å². The van der Waals surface area contributed by atoms with Gasteiger partial charge >= 0.3 is 0 Å². The monoisotopic (exact) mass is 329 g/mol. The summed E-state index contributed by atoms with van der Waals surface area (Å²) in [5, 5.41) is 0. The molecule has 0 unspecified atom stereocenters. The van der Waals surface area contributed by atoms with Crippen LogP contribution < -0.4 is 0 Å². The van der Waals surface area contributed by atoms with Gasteiger partial charge in [-0.25, -0.2) is 0 Å². The fourth-order valence-corrected chi connectivity index (χ4v) is 3.44. The number of amides is 1. The molecular formula is C13H16BrNO2S. The van der Waals surface area contributed by atoms with Crippen LogP contribution in [0.4, 0.5) is 0 Å². The van der Waals surface area contributed by atoms with E-state index in [0.717, 1.165) is 27.2 Å². The second-order valence-electron chi connectivity index (χ2n) is 4.36. The third kappa shape index (κ3) is 3.02. The Labute approximate surface area is 120 Å². The van der Waals surface area contributed by atoms with E-state index in [9.17, 15) is 4.79 Å². The Morgan fingerprint density at radius 2 is 2.39 bits per heavy atom. The van der Waals surface area contributed by atoms with Crippen LogP contribution in [0.15, 0.2) is 21.5 Å². The van der Waals surface area contributed by atoms with Crippen LogP contribution in [-0.4, -0.2) is 37.6 Å². The smallest absolute Gasteiger partial charge is 0.264 e. The summed E-state index contributed by atoms with van der Waals surface area (Å²) in [5.41, 5.74) is 2.40. The molecule has 0 bridgehead atoms. The van der Waals surface area contributed by atoms with Crippen molar-refractivity contribution in [3.05, 3.63) is 31.9 Å². The van der Waals surface area contributed by atoms with Crippen LogP contribution in [0.1, 0.15) is 21.7 Å². The predicted molar refractivity (Wildman–Crippen MR) is 77.2 cm³/mol. The number of ether oxygens (including phenoxy) is 1. The van der Waals surface area contributed by atoms with Crippen molar-refractivity contribution >= 4 is 33.2 Å². The largest absolute Gasteiger partial charge is 0.380 e. The van der Waals surface area contributed by atoms with Gasteiger partial charge in [0.05, 0.1) is 15.3 Å². The fraction of sp³-hybridized carbons (Fsp3) is 0.462. The van der Waals surface area contributed by atoms with E-state index in [1.54, 1.807) is 7.11 Å². The van der Waals surface area contributed by atoms with E-state index in [4.69, 9.17) is 4.74 Å². The predicted octanol–water partition coefficient (Wildman–Crippen LogP) is 3.24. The minimum Gasteiger partial charge on any atom is -0.380 e. The van der Waals surface area contributed by atoms with Crippen molar-refractivity contribution in [2.45, 2.75) is 13.3 Å². The molecule has 2 rings (SSSR count). The Hall–Kier alpha value is -0.650. The number of thiophene rings is 1. The van der Waals surface area contributed by atoms with Crippen LogP contribution in [0.25, 0.3) is 0 Å². The van der Waals surface area contributed by atoms with Crippen molar-refractivity contribution in [3.8, 4) is 0 Å². The zero-order chi connectivity index (χ0) is 13.1. The Morgan fingerprint density at radius 1 is 1.61 bits per heavy atom. The Morgan fingerprint density at radius 3 is 2.89 bits per heavy atom. The molecule has 0 aliphatic carbocycles. The quantitative estimate of drug-likeness (QED) is 0.797. The van der Waals surface area contributed by atoms with E-state index < -0.39 is 0 Å². The lowest BCUT2D eigenvalue weighted by molar-refractivity contribution is 0.0769. The molecule has 0 spiro atoms. The minimum absolute atomic E-state index is 0.126. The van der Waals surface area contributed by atoms with Gasteiger partial charge in [-0.15, -0.1) is 11.3 Å². The summed E-state index contributed by atoms with van der Waals surface area (Å²) in [4.78, 5) is 15.0. The molecule has 0 atom stereocenters. The average Bonchev–Trinajstić information content (AvgIpc) is 2.70. The average molecular weight is 330 g/mol. The normalized spacial score (nSPS) is 15.7. The third-order valence-corrected chi connectivity index (χ3v) is 5.11. The minimum atomic E-state index is 0.126. The highest BCUT2D eigenvalue weighted by Gasteiger charge is 2.20. The standard InChI is InChI=1S/C13H16BrNO2S/c1-9-7-11(18-12(9)14)13(16)15-5-3-10(4-6-15)8-17-2/h3,7H,4-6,8H2,1-2H3. The molecule has 0 fully saturated rings. The van der Waals surface area contributed by atoms with Crippen molar-refractivity contribution in [3.63, 3.8) is 0 Å². The molecular weight excluding hydrogens is 314 g/mol. The molecule has 0 N–H and O–H groups in total. The fourth-order valence-electron chi connectivity index (χ4n) is 1.93. The number of carbonyl (C=O) groups excluding carboxylic acids is 1. The molecule has 0 saturated heterocycles. The molecule has 0 radical (unpaired) electrons. The maximum Gasteiger partial charge on any atom is 0.264 e. The van der Waals surface area contributed by atoms with Gasteiger partial charge in [0.25, 0.3) is 5.91 Å². The lowest BCUT2D eigenvalue weighted by atomic mass is 10.1. The summed E-state index contributed by atoms with van der Waals surface area (Å²) in [6.07, 6.45) is 3.01. The van der Waals surface area contributed by atoms with E-state index in [-0.39, 0.29) is 5.91 Å². The molecule has 18 heavy (non-hydrogen) atoms. The first-order valence-corrected chi connectivity index (χ1v) is 7.45. The number of rotatable bonds is 3. The molecule has 1 amide bonds. The first kappa shape index (κ1) is 13.8. The van der Waals surface area contributed by atoms with Gasteiger partial charge in [0, 0.05) is 20.2 Å². The van der Waals surface area contributed by atoms with Crippen molar-refractivity contribution in [2.24, 2.45) is 0 Å². The molecule has 2 heterocycles. The second kappa shape index (κ2) is 5.99. The van der Waals surface area contributed by atoms with E-state index in [1.165, 1.54) is 16.9 Å². The van der Waals surface area contributed by atoms with Gasteiger partial charge in [-0.05, 0) is 46.5 Å². The van der Waals surface area contributed by atoms with Crippen LogP contribution in [0, 0.1) is 6.92 Å². The van der Waals surface area contributed by atoms with Gasteiger partial charge in [-0.2, -0.15) is 0 Å². The number of hydrogen-bond donors (Lipinski definition) is 0. The van der Waals surface area contributed by atoms with Gasteiger partial charge in [0.1, 0.15) is 0 Å². The number of carbonyl (C=O) groups is 1. The number of aryl methyl sites for hydroxylation is 1. The molecule has 1 aromatic heterocycles. The van der Waals surface area contributed by atoms with Crippen LogP contribution in [0.3, 0.4) is 0 Å². The van der Waals surface area contributed by atoms with Crippen LogP contribution in [0.2, 0.25) is 0 Å². The highest BCUT2D eigenvalue weighted by Crippen LogP contribution is 2.28. The Balaban J connectivity index is 2.03. The molecule has 5 heteroatoms. The molecule has 98 valence electrons. The van der Waals surface area contributed by atoms with Crippen molar-refractivity contribution in [1.82, 2.24) is 4.90 Å². The van der Waals surface area contributed by atoms with Gasteiger partial charge < -0.3 is 9.64 Å². The molecule has 1 aliphatic heterocycles. The number of hydrogen-bond acceptors (Lipinski definition) is 3. The molecule has 0 aromatic carbocycles. The maximum absolute atomic E-state index is 12.3.